The summed E-state index contributed by atoms with van der Waals surface area (Å²) in [5.41, 5.74) is 1.13. The van der Waals surface area contributed by atoms with E-state index in [9.17, 15) is 5.26 Å². The third kappa shape index (κ3) is 3.92. The largest absolute Gasteiger partial charge is 0.296 e. The first-order chi connectivity index (χ1) is 9.74. The Morgan fingerprint density at radius 1 is 1.40 bits per heavy atom. The van der Waals surface area contributed by atoms with Crippen molar-refractivity contribution in [2.45, 2.75) is 32.4 Å². The second-order valence-electron chi connectivity index (χ2n) is 5.21. The number of halogens is 1. The molecule has 0 aromatic carbocycles. The van der Waals surface area contributed by atoms with E-state index in [0.717, 1.165) is 56.2 Å². The first-order valence-corrected chi connectivity index (χ1v) is 7.56. The highest BCUT2D eigenvalue weighted by molar-refractivity contribution is 6.31. The fourth-order valence-electron chi connectivity index (χ4n) is 2.61. The third-order valence-electron chi connectivity index (χ3n) is 3.81. The molecular weight excluding hydrogens is 272 g/mol. The lowest BCUT2D eigenvalue weighted by atomic mass is 10.1. The van der Waals surface area contributed by atoms with E-state index >= 15 is 0 Å². The Kier molecular flexibility index (Phi) is 5.78. The predicted molar refractivity (Wildman–Crippen MR) is 80.4 cm³/mol. The highest BCUT2D eigenvalue weighted by Crippen LogP contribution is 2.17. The van der Waals surface area contributed by atoms with Crippen LogP contribution in [-0.4, -0.2) is 47.0 Å². The molecule has 108 valence electrons. The predicted octanol–water partition coefficient (Wildman–Crippen LogP) is 2.54. The van der Waals surface area contributed by atoms with E-state index in [-0.39, 0.29) is 6.04 Å². The number of rotatable bonds is 5. The van der Waals surface area contributed by atoms with Crippen molar-refractivity contribution >= 4 is 11.6 Å². The highest BCUT2D eigenvalue weighted by atomic mass is 35.5. The maximum absolute atomic E-state index is 9.22. The van der Waals surface area contributed by atoms with Crippen LogP contribution in [0, 0.1) is 11.3 Å². The smallest absolute Gasteiger partial charge is 0.0978 e. The van der Waals surface area contributed by atoms with Crippen molar-refractivity contribution in [3.63, 3.8) is 0 Å². The van der Waals surface area contributed by atoms with Crippen molar-refractivity contribution < 1.29 is 0 Å². The van der Waals surface area contributed by atoms with E-state index in [4.69, 9.17) is 11.6 Å². The molecule has 0 aliphatic carbocycles. The maximum atomic E-state index is 9.22. The fraction of sp³-hybridized carbons (Fsp3) is 0.600. The number of piperazine rings is 1. The Morgan fingerprint density at radius 3 is 2.75 bits per heavy atom. The minimum atomic E-state index is 0.0756. The zero-order chi connectivity index (χ0) is 14.4. The van der Waals surface area contributed by atoms with Crippen molar-refractivity contribution in [2.75, 3.05) is 26.2 Å². The van der Waals surface area contributed by atoms with Crippen LogP contribution in [0.25, 0.3) is 0 Å². The summed E-state index contributed by atoms with van der Waals surface area (Å²) >= 11 is 6.14. The average Bonchev–Trinajstić information content (AvgIpc) is 2.48. The Morgan fingerprint density at radius 2 is 2.15 bits per heavy atom. The van der Waals surface area contributed by atoms with Gasteiger partial charge in [0.1, 0.15) is 0 Å². The van der Waals surface area contributed by atoms with Gasteiger partial charge < -0.3 is 0 Å². The zero-order valence-corrected chi connectivity index (χ0v) is 12.7. The molecule has 0 saturated carbocycles. The summed E-state index contributed by atoms with van der Waals surface area (Å²) in [5.74, 6) is 0. The van der Waals surface area contributed by atoms with E-state index in [1.807, 2.05) is 6.07 Å². The van der Waals surface area contributed by atoms with Crippen LogP contribution >= 0.6 is 11.6 Å². The molecule has 20 heavy (non-hydrogen) atoms. The normalized spacial score (nSPS) is 18.6. The van der Waals surface area contributed by atoms with Gasteiger partial charge in [0, 0.05) is 45.1 Å². The Hall–Kier alpha value is -1.15. The average molecular weight is 293 g/mol. The van der Waals surface area contributed by atoms with Gasteiger partial charge in [-0.3, -0.25) is 14.8 Å². The van der Waals surface area contributed by atoms with Gasteiger partial charge in [-0.25, -0.2) is 0 Å². The number of hydrogen-bond acceptors (Lipinski definition) is 4. The molecule has 4 nitrogen and oxygen atoms in total. The number of nitrogens with zero attached hydrogens (tertiary/aromatic N) is 4. The summed E-state index contributed by atoms with van der Waals surface area (Å²) in [5, 5.41) is 9.95. The Labute approximate surface area is 126 Å². The van der Waals surface area contributed by atoms with Gasteiger partial charge in [-0.1, -0.05) is 24.9 Å². The number of aromatic nitrogens is 1. The zero-order valence-electron chi connectivity index (χ0n) is 11.9. The summed E-state index contributed by atoms with van der Waals surface area (Å²) < 4.78 is 0. The molecule has 1 saturated heterocycles. The van der Waals surface area contributed by atoms with Gasteiger partial charge in [-0.15, -0.1) is 0 Å². The maximum Gasteiger partial charge on any atom is 0.0978 e. The summed E-state index contributed by atoms with van der Waals surface area (Å²) in [6.07, 6.45) is 5.50. The SMILES string of the molecule is CCCC(C#N)N1CCN(Cc2ccncc2Cl)CC1. The van der Waals surface area contributed by atoms with Gasteiger partial charge in [0.2, 0.25) is 0 Å². The molecule has 1 aliphatic rings. The molecule has 5 heteroatoms. The molecule has 1 unspecified atom stereocenters. The lowest BCUT2D eigenvalue weighted by Gasteiger charge is -2.37. The molecule has 1 aliphatic heterocycles. The number of pyridine rings is 1. The van der Waals surface area contributed by atoms with Crippen LogP contribution in [0.5, 0.6) is 0 Å². The molecule has 2 rings (SSSR count). The van der Waals surface area contributed by atoms with Crippen molar-refractivity contribution in [1.29, 1.82) is 5.26 Å². The minimum absolute atomic E-state index is 0.0756. The standard InChI is InChI=1S/C15H21ClN4/c1-2-3-14(10-17)20-8-6-19(7-9-20)12-13-4-5-18-11-15(13)16/h4-5,11,14H,2-3,6-9,12H2,1H3. The summed E-state index contributed by atoms with van der Waals surface area (Å²) in [6, 6.07) is 4.48. The molecule has 1 aromatic rings. The Balaban J connectivity index is 1.86. The molecule has 1 fully saturated rings. The van der Waals surface area contributed by atoms with Crippen LogP contribution in [0.4, 0.5) is 0 Å². The first kappa shape index (κ1) is 15.2. The van der Waals surface area contributed by atoms with Crippen molar-refractivity contribution in [3.05, 3.63) is 29.0 Å². The summed E-state index contributed by atoms with van der Waals surface area (Å²) in [7, 11) is 0. The quantitative estimate of drug-likeness (QED) is 0.836. The number of hydrogen-bond donors (Lipinski definition) is 0. The molecule has 2 heterocycles. The number of nitriles is 1. The second-order valence-corrected chi connectivity index (χ2v) is 5.62. The second kappa shape index (κ2) is 7.58. The van der Waals surface area contributed by atoms with Gasteiger partial charge >= 0.3 is 0 Å². The van der Waals surface area contributed by atoms with Gasteiger partial charge in [0.15, 0.2) is 0 Å². The third-order valence-corrected chi connectivity index (χ3v) is 4.15. The molecule has 0 bridgehead atoms. The van der Waals surface area contributed by atoms with E-state index < -0.39 is 0 Å². The van der Waals surface area contributed by atoms with E-state index in [1.54, 1.807) is 12.4 Å². The summed E-state index contributed by atoms with van der Waals surface area (Å²) in [4.78, 5) is 8.70. The van der Waals surface area contributed by atoms with Crippen molar-refractivity contribution in [3.8, 4) is 6.07 Å². The Bertz CT molecular complexity index is 463. The molecule has 0 spiro atoms. The monoisotopic (exact) mass is 292 g/mol. The van der Waals surface area contributed by atoms with Crippen LogP contribution in [0.2, 0.25) is 5.02 Å². The van der Waals surface area contributed by atoms with Gasteiger partial charge in [0.25, 0.3) is 0 Å². The molecule has 0 radical (unpaired) electrons. The van der Waals surface area contributed by atoms with Crippen LogP contribution in [-0.2, 0) is 6.54 Å². The van der Waals surface area contributed by atoms with Crippen molar-refractivity contribution in [1.82, 2.24) is 14.8 Å². The molecule has 0 N–H and O–H groups in total. The first-order valence-electron chi connectivity index (χ1n) is 7.19. The lowest BCUT2D eigenvalue weighted by Crippen LogP contribution is -2.49. The molecule has 1 aromatic heterocycles. The van der Waals surface area contributed by atoms with Crippen LogP contribution < -0.4 is 0 Å². The van der Waals surface area contributed by atoms with E-state index in [2.05, 4.69) is 27.8 Å². The van der Waals surface area contributed by atoms with Gasteiger partial charge in [0.05, 0.1) is 17.1 Å². The van der Waals surface area contributed by atoms with E-state index in [0.29, 0.717) is 0 Å². The summed E-state index contributed by atoms with van der Waals surface area (Å²) in [6.45, 7) is 6.88. The molecular formula is C15H21ClN4. The van der Waals surface area contributed by atoms with Crippen molar-refractivity contribution in [2.24, 2.45) is 0 Å². The highest BCUT2D eigenvalue weighted by Gasteiger charge is 2.23. The minimum Gasteiger partial charge on any atom is -0.296 e. The van der Waals surface area contributed by atoms with Gasteiger partial charge in [-0.2, -0.15) is 5.26 Å². The van der Waals surface area contributed by atoms with E-state index in [1.165, 1.54) is 0 Å². The lowest BCUT2D eigenvalue weighted by molar-refractivity contribution is 0.106. The molecule has 1 atom stereocenters. The van der Waals surface area contributed by atoms with Crippen LogP contribution in [0.3, 0.4) is 0 Å². The van der Waals surface area contributed by atoms with Crippen LogP contribution in [0.1, 0.15) is 25.3 Å². The topological polar surface area (TPSA) is 43.2 Å². The van der Waals surface area contributed by atoms with Gasteiger partial charge in [-0.05, 0) is 18.1 Å². The van der Waals surface area contributed by atoms with Crippen LogP contribution in [0.15, 0.2) is 18.5 Å². The fourth-order valence-corrected chi connectivity index (χ4v) is 2.79. The molecule has 0 amide bonds.